The zero-order valence-corrected chi connectivity index (χ0v) is 15.7. The van der Waals surface area contributed by atoms with Crippen LogP contribution in [-0.2, 0) is 16.1 Å². The lowest BCUT2D eigenvalue weighted by Crippen LogP contribution is -2.44. The van der Waals surface area contributed by atoms with Gasteiger partial charge in [0, 0.05) is 24.8 Å². The van der Waals surface area contributed by atoms with E-state index in [1.807, 2.05) is 23.5 Å². The Kier molecular flexibility index (Phi) is 6.43. The zero-order valence-electron chi connectivity index (χ0n) is 15.7. The lowest BCUT2D eigenvalue weighted by atomic mass is 10.2. The van der Waals surface area contributed by atoms with Gasteiger partial charge in [0.15, 0.2) is 0 Å². The van der Waals surface area contributed by atoms with Gasteiger partial charge in [-0.3, -0.25) is 10.1 Å². The molecule has 1 aliphatic rings. The largest absolute Gasteiger partial charge is 0.471 e. The molecular weight excluding hydrogens is 406 g/mol. The van der Waals surface area contributed by atoms with Gasteiger partial charge in [-0.25, -0.2) is 9.18 Å². The SMILES string of the molecule is O=C(Nc1ccc(N2CCC(NC(=O)C(F)(F)F)C2)c(F)c1)OCc1ccccc1. The Morgan fingerprint density at radius 1 is 1.13 bits per heavy atom. The van der Waals surface area contributed by atoms with Gasteiger partial charge in [0.05, 0.1) is 5.69 Å². The second-order valence-electron chi connectivity index (χ2n) is 6.76. The van der Waals surface area contributed by atoms with Gasteiger partial charge in [-0.2, -0.15) is 13.2 Å². The molecule has 1 atom stereocenters. The topological polar surface area (TPSA) is 70.7 Å². The van der Waals surface area contributed by atoms with Crippen molar-refractivity contribution in [1.82, 2.24) is 5.32 Å². The van der Waals surface area contributed by atoms with Crippen molar-refractivity contribution in [3.8, 4) is 0 Å². The maximum atomic E-state index is 14.5. The molecule has 2 amide bonds. The minimum atomic E-state index is -4.96. The van der Waals surface area contributed by atoms with Crippen LogP contribution in [0.1, 0.15) is 12.0 Å². The van der Waals surface area contributed by atoms with E-state index in [4.69, 9.17) is 4.74 Å². The smallest absolute Gasteiger partial charge is 0.444 e. The zero-order chi connectivity index (χ0) is 21.7. The number of hydrogen-bond acceptors (Lipinski definition) is 4. The van der Waals surface area contributed by atoms with Crippen LogP contribution in [0.5, 0.6) is 0 Å². The summed E-state index contributed by atoms with van der Waals surface area (Å²) < 4.78 is 56.6. The van der Waals surface area contributed by atoms with Crippen molar-refractivity contribution in [2.45, 2.75) is 25.2 Å². The Balaban J connectivity index is 1.54. The van der Waals surface area contributed by atoms with Crippen LogP contribution < -0.4 is 15.5 Å². The van der Waals surface area contributed by atoms with Crippen LogP contribution in [0, 0.1) is 5.82 Å². The van der Waals surface area contributed by atoms with E-state index >= 15 is 0 Å². The Morgan fingerprint density at radius 3 is 2.53 bits per heavy atom. The van der Waals surface area contributed by atoms with E-state index in [2.05, 4.69) is 5.32 Å². The molecule has 1 aliphatic heterocycles. The summed E-state index contributed by atoms with van der Waals surface area (Å²) in [5.41, 5.74) is 1.15. The quantitative estimate of drug-likeness (QED) is 0.715. The average Bonchev–Trinajstić information content (AvgIpc) is 3.15. The molecule has 30 heavy (non-hydrogen) atoms. The summed E-state index contributed by atoms with van der Waals surface area (Å²) in [4.78, 5) is 24.4. The number of rotatable bonds is 5. The third kappa shape index (κ3) is 5.62. The number of carbonyl (C=O) groups is 2. The van der Waals surface area contributed by atoms with Crippen molar-refractivity contribution in [1.29, 1.82) is 0 Å². The van der Waals surface area contributed by atoms with Gasteiger partial charge in [-0.1, -0.05) is 30.3 Å². The molecule has 0 bridgehead atoms. The van der Waals surface area contributed by atoms with Gasteiger partial charge in [0.2, 0.25) is 0 Å². The highest BCUT2D eigenvalue weighted by molar-refractivity contribution is 5.85. The number of anilines is 2. The Hall–Kier alpha value is -3.30. The van der Waals surface area contributed by atoms with E-state index in [1.165, 1.54) is 17.0 Å². The summed E-state index contributed by atoms with van der Waals surface area (Å²) in [6, 6.07) is 12.3. The number of halogens is 4. The van der Waals surface area contributed by atoms with Crippen LogP contribution >= 0.6 is 0 Å². The van der Waals surface area contributed by atoms with Crippen LogP contribution in [0.2, 0.25) is 0 Å². The first-order valence-electron chi connectivity index (χ1n) is 9.12. The number of amides is 2. The molecule has 0 spiro atoms. The van der Waals surface area contributed by atoms with E-state index < -0.39 is 30.0 Å². The fourth-order valence-corrected chi connectivity index (χ4v) is 3.08. The summed E-state index contributed by atoms with van der Waals surface area (Å²) in [7, 11) is 0. The maximum absolute atomic E-state index is 14.5. The van der Waals surface area contributed by atoms with E-state index in [0.717, 1.165) is 11.6 Å². The minimum Gasteiger partial charge on any atom is -0.444 e. The molecule has 160 valence electrons. The van der Waals surface area contributed by atoms with E-state index in [1.54, 1.807) is 12.1 Å². The van der Waals surface area contributed by atoms with Gasteiger partial charge in [-0.15, -0.1) is 0 Å². The van der Waals surface area contributed by atoms with Crippen LogP contribution in [0.15, 0.2) is 48.5 Å². The van der Waals surface area contributed by atoms with Crippen molar-refractivity contribution < 1.29 is 31.9 Å². The normalized spacial score (nSPS) is 16.3. The standard InChI is InChI=1S/C20H19F4N3O3/c21-16-10-14(26-19(29)30-12-13-4-2-1-3-5-13)6-7-17(16)27-9-8-15(11-27)25-18(28)20(22,23)24/h1-7,10,15H,8-9,11-12H2,(H,25,28)(H,26,29). The van der Waals surface area contributed by atoms with Gasteiger partial charge < -0.3 is 15.0 Å². The van der Waals surface area contributed by atoms with E-state index in [0.29, 0.717) is 0 Å². The molecule has 0 saturated carbocycles. The number of nitrogens with zero attached hydrogens (tertiary/aromatic N) is 1. The highest BCUT2D eigenvalue weighted by atomic mass is 19.4. The fraction of sp³-hybridized carbons (Fsp3) is 0.300. The van der Waals surface area contributed by atoms with E-state index in [-0.39, 0.29) is 37.5 Å². The lowest BCUT2D eigenvalue weighted by Gasteiger charge is -2.20. The third-order valence-corrected chi connectivity index (χ3v) is 4.53. The molecule has 6 nitrogen and oxygen atoms in total. The van der Waals surface area contributed by atoms with Crippen LogP contribution in [0.4, 0.5) is 33.7 Å². The second kappa shape index (κ2) is 9.02. The van der Waals surface area contributed by atoms with Gasteiger partial charge in [-0.05, 0) is 30.2 Å². The number of benzene rings is 2. The molecule has 0 aliphatic carbocycles. The Labute approximate surface area is 169 Å². The molecule has 2 aromatic carbocycles. The highest BCUT2D eigenvalue weighted by Gasteiger charge is 2.40. The lowest BCUT2D eigenvalue weighted by molar-refractivity contribution is -0.174. The van der Waals surface area contributed by atoms with Crippen molar-refractivity contribution in [2.24, 2.45) is 0 Å². The minimum absolute atomic E-state index is 0.0463. The molecule has 3 rings (SSSR count). The van der Waals surface area contributed by atoms with Gasteiger partial charge in [0.1, 0.15) is 12.4 Å². The molecule has 1 fully saturated rings. The number of nitrogens with one attached hydrogen (secondary N) is 2. The molecule has 2 aromatic rings. The monoisotopic (exact) mass is 425 g/mol. The summed E-state index contributed by atoms with van der Waals surface area (Å²) in [5, 5.41) is 4.32. The molecule has 0 radical (unpaired) electrons. The van der Waals surface area contributed by atoms with Gasteiger partial charge >= 0.3 is 18.2 Å². The van der Waals surface area contributed by atoms with Crippen LogP contribution in [0.25, 0.3) is 0 Å². The molecule has 1 unspecified atom stereocenters. The number of hydrogen-bond donors (Lipinski definition) is 2. The first kappa shape index (κ1) is 21.4. The highest BCUT2D eigenvalue weighted by Crippen LogP contribution is 2.27. The molecule has 2 N–H and O–H groups in total. The van der Waals surface area contributed by atoms with E-state index in [9.17, 15) is 27.2 Å². The number of alkyl halides is 3. The summed E-state index contributed by atoms with van der Waals surface area (Å²) in [6.45, 7) is 0.391. The predicted octanol–water partition coefficient (Wildman–Crippen LogP) is 3.83. The number of ether oxygens (including phenoxy) is 1. The molecule has 1 heterocycles. The average molecular weight is 425 g/mol. The molecule has 10 heteroatoms. The summed E-state index contributed by atoms with van der Waals surface area (Å²) in [5.74, 6) is -2.66. The van der Waals surface area contributed by atoms with Crippen molar-refractivity contribution in [3.05, 3.63) is 59.9 Å². The van der Waals surface area contributed by atoms with Crippen molar-refractivity contribution in [3.63, 3.8) is 0 Å². The first-order chi connectivity index (χ1) is 14.2. The Morgan fingerprint density at radius 2 is 1.87 bits per heavy atom. The summed E-state index contributed by atoms with van der Waals surface area (Å²) in [6.07, 6.45) is -5.45. The third-order valence-electron chi connectivity index (χ3n) is 4.53. The molecular formula is C20H19F4N3O3. The van der Waals surface area contributed by atoms with Crippen molar-refractivity contribution in [2.75, 3.05) is 23.3 Å². The van der Waals surface area contributed by atoms with Crippen LogP contribution in [0.3, 0.4) is 0 Å². The van der Waals surface area contributed by atoms with Gasteiger partial charge in [0.25, 0.3) is 0 Å². The van der Waals surface area contributed by atoms with Crippen molar-refractivity contribution >= 4 is 23.4 Å². The molecule has 1 saturated heterocycles. The predicted molar refractivity (Wildman–Crippen MR) is 101 cm³/mol. The molecule has 0 aromatic heterocycles. The fourth-order valence-electron chi connectivity index (χ4n) is 3.08. The Bertz CT molecular complexity index is 906. The van der Waals surface area contributed by atoms with Crippen LogP contribution in [-0.4, -0.2) is 37.3 Å². The summed E-state index contributed by atoms with van der Waals surface area (Å²) >= 11 is 0. The number of carbonyl (C=O) groups excluding carboxylic acids is 2. The second-order valence-corrected chi connectivity index (χ2v) is 6.76. The maximum Gasteiger partial charge on any atom is 0.471 e. The first-order valence-corrected chi connectivity index (χ1v) is 9.12.